The largest absolute Gasteiger partial charge is 0.451 e. The zero-order valence-electron chi connectivity index (χ0n) is 15.2. The average molecular weight is 355 g/mol. The van der Waals surface area contributed by atoms with E-state index < -0.39 is 24.0 Å². The topological polar surface area (TPSA) is 105 Å². The molecule has 0 bridgehead atoms. The molecule has 2 aromatic rings. The molecule has 1 N–H and O–H groups in total. The molecule has 7 heteroatoms. The molecule has 0 aliphatic heterocycles. The fourth-order valence-electron chi connectivity index (χ4n) is 2.12. The van der Waals surface area contributed by atoms with Gasteiger partial charge in [-0.3, -0.25) is 4.79 Å². The predicted molar refractivity (Wildman–Crippen MR) is 94.0 cm³/mol. The van der Waals surface area contributed by atoms with Gasteiger partial charge in [0.1, 0.15) is 11.3 Å². The summed E-state index contributed by atoms with van der Waals surface area (Å²) >= 11 is 0. The van der Waals surface area contributed by atoms with Gasteiger partial charge in [-0.15, -0.1) is 0 Å². The minimum Gasteiger partial charge on any atom is -0.451 e. The highest BCUT2D eigenvalue weighted by atomic mass is 16.5. The van der Waals surface area contributed by atoms with Crippen LogP contribution in [0.2, 0.25) is 0 Å². The molecule has 0 spiro atoms. The van der Waals surface area contributed by atoms with Crippen molar-refractivity contribution in [3.05, 3.63) is 41.8 Å². The van der Waals surface area contributed by atoms with E-state index in [0.717, 1.165) is 5.56 Å². The summed E-state index contributed by atoms with van der Waals surface area (Å²) in [6.07, 6.45) is 0. The van der Waals surface area contributed by atoms with Crippen molar-refractivity contribution in [2.45, 2.75) is 33.2 Å². The molecule has 0 fully saturated rings. The maximum Gasteiger partial charge on any atom is 0.361 e. The number of hydrogen-bond acceptors (Lipinski definition) is 6. The minimum atomic E-state index is -1.03. The summed E-state index contributed by atoms with van der Waals surface area (Å²) in [5.74, 6) is -0.805. The van der Waals surface area contributed by atoms with Gasteiger partial charge in [-0.05, 0) is 31.9 Å². The number of aryl methyl sites for hydroxylation is 1. The molecule has 0 saturated carbocycles. The van der Waals surface area contributed by atoms with Crippen LogP contribution in [-0.2, 0) is 9.53 Å². The molecule has 0 aliphatic carbocycles. The van der Waals surface area contributed by atoms with Crippen LogP contribution in [0.5, 0.6) is 0 Å². The summed E-state index contributed by atoms with van der Waals surface area (Å²) in [4.78, 5) is 28.3. The number of aromatic nitrogens is 1. The quantitative estimate of drug-likeness (QED) is 0.799. The third kappa shape index (κ3) is 4.28. The monoisotopic (exact) mass is 355 g/mol. The molecule has 7 nitrogen and oxygen atoms in total. The van der Waals surface area contributed by atoms with E-state index in [1.807, 2.05) is 44.2 Å². The van der Waals surface area contributed by atoms with E-state index in [4.69, 9.17) is 9.15 Å². The molecule has 0 aliphatic rings. The Labute approximate surface area is 152 Å². The minimum absolute atomic E-state index is 0.0172. The summed E-state index contributed by atoms with van der Waals surface area (Å²) in [5.41, 5.74) is -0.286. The Balaban J connectivity index is 2.02. The molecule has 0 saturated heterocycles. The fraction of sp³-hybridized carbons (Fsp3) is 0.368. The molecule has 1 aromatic carbocycles. The molecule has 0 radical (unpaired) electrons. The van der Waals surface area contributed by atoms with Crippen LogP contribution in [0, 0.1) is 24.2 Å². The summed E-state index contributed by atoms with van der Waals surface area (Å²) in [6.45, 7) is 6.35. The molecule has 2 rings (SSSR count). The SMILES string of the molecule is Cc1oc(-c2ccccc2)nc1C(=O)OCC(=O)N[C@@](C)(C#N)C(C)C. The van der Waals surface area contributed by atoms with Crippen LogP contribution in [0.15, 0.2) is 34.7 Å². The number of rotatable bonds is 6. The molecule has 26 heavy (non-hydrogen) atoms. The maximum atomic E-state index is 12.2. The summed E-state index contributed by atoms with van der Waals surface area (Å²) in [6, 6.07) is 11.2. The van der Waals surface area contributed by atoms with Crippen molar-refractivity contribution >= 4 is 11.9 Å². The van der Waals surface area contributed by atoms with Gasteiger partial charge in [0, 0.05) is 5.56 Å². The van der Waals surface area contributed by atoms with Crippen molar-refractivity contribution in [2.24, 2.45) is 5.92 Å². The number of nitrogens with zero attached hydrogens (tertiary/aromatic N) is 2. The number of ether oxygens (including phenoxy) is 1. The highest BCUT2D eigenvalue weighted by Gasteiger charge is 2.30. The standard InChI is InChI=1S/C19H21N3O4/c1-12(2)19(4,11-20)22-15(23)10-25-18(24)16-13(3)26-17(21-16)14-8-6-5-7-9-14/h5-9,12H,10H2,1-4H3,(H,22,23)/t19-/m0/s1. The van der Waals surface area contributed by atoms with Crippen LogP contribution < -0.4 is 5.32 Å². The second-order valence-corrected chi connectivity index (χ2v) is 6.38. The van der Waals surface area contributed by atoms with Gasteiger partial charge in [0.15, 0.2) is 12.3 Å². The van der Waals surface area contributed by atoms with Crippen molar-refractivity contribution in [1.82, 2.24) is 10.3 Å². The Morgan fingerprint density at radius 2 is 2.00 bits per heavy atom. The second-order valence-electron chi connectivity index (χ2n) is 6.38. The van der Waals surface area contributed by atoms with E-state index in [1.54, 1.807) is 13.8 Å². The lowest BCUT2D eigenvalue weighted by Crippen LogP contribution is -2.50. The average Bonchev–Trinajstić information content (AvgIpc) is 3.02. The number of esters is 1. The van der Waals surface area contributed by atoms with Crippen molar-refractivity contribution in [1.29, 1.82) is 5.26 Å². The van der Waals surface area contributed by atoms with Crippen LogP contribution in [-0.4, -0.2) is 29.0 Å². The first-order chi connectivity index (χ1) is 12.3. The normalized spacial score (nSPS) is 12.9. The third-order valence-electron chi connectivity index (χ3n) is 4.13. The Morgan fingerprint density at radius 3 is 2.58 bits per heavy atom. The van der Waals surface area contributed by atoms with Gasteiger partial charge in [-0.2, -0.15) is 5.26 Å². The van der Waals surface area contributed by atoms with Crippen LogP contribution in [0.25, 0.3) is 11.5 Å². The van der Waals surface area contributed by atoms with Crippen LogP contribution in [0.1, 0.15) is 37.0 Å². The van der Waals surface area contributed by atoms with E-state index in [2.05, 4.69) is 16.4 Å². The van der Waals surface area contributed by atoms with Crippen LogP contribution >= 0.6 is 0 Å². The van der Waals surface area contributed by atoms with Crippen molar-refractivity contribution in [3.8, 4) is 17.5 Å². The maximum absolute atomic E-state index is 12.2. The van der Waals surface area contributed by atoms with E-state index >= 15 is 0 Å². The number of carbonyl (C=O) groups is 2. The summed E-state index contributed by atoms with van der Waals surface area (Å²) < 4.78 is 10.5. The lowest BCUT2D eigenvalue weighted by atomic mass is 9.90. The predicted octanol–water partition coefficient (Wildman–Crippen LogP) is 2.86. The molecule has 1 aromatic heterocycles. The van der Waals surface area contributed by atoms with Crippen molar-refractivity contribution < 1.29 is 18.7 Å². The molecule has 136 valence electrons. The van der Waals surface area contributed by atoms with Crippen molar-refractivity contribution in [2.75, 3.05) is 6.61 Å². The summed E-state index contributed by atoms with van der Waals surface area (Å²) in [5, 5.41) is 11.8. The number of amides is 1. The molecule has 1 atom stereocenters. The molecule has 0 unspecified atom stereocenters. The van der Waals surface area contributed by atoms with Crippen molar-refractivity contribution in [3.63, 3.8) is 0 Å². The lowest BCUT2D eigenvalue weighted by Gasteiger charge is -2.27. The van der Waals surface area contributed by atoms with E-state index in [-0.39, 0.29) is 11.6 Å². The highest BCUT2D eigenvalue weighted by Crippen LogP contribution is 2.22. The smallest absolute Gasteiger partial charge is 0.361 e. The Hall–Kier alpha value is -3.14. The second kappa shape index (κ2) is 7.83. The number of benzene rings is 1. The zero-order valence-corrected chi connectivity index (χ0v) is 15.2. The highest BCUT2D eigenvalue weighted by molar-refractivity contribution is 5.91. The fourth-order valence-corrected chi connectivity index (χ4v) is 2.12. The van der Waals surface area contributed by atoms with Gasteiger partial charge in [0.2, 0.25) is 5.89 Å². The van der Waals surface area contributed by atoms with Gasteiger partial charge >= 0.3 is 5.97 Å². The number of nitriles is 1. The first-order valence-corrected chi connectivity index (χ1v) is 8.19. The third-order valence-corrected chi connectivity index (χ3v) is 4.13. The van der Waals surface area contributed by atoms with Gasteiger partial charge in [-0.25, -0.2) is 9.78 Å². The Bertz CT molecular complexity index is 836. The van der Waals surface area contributed by atoms with Gasteiger partial charge in [0.05, 0.1) is 6.07 Å². The zero-order chi connectivity index (χ0) is 19.3. The number of carbonyl (C=O) groups excluding carboxylic acids is 2. The summed E-state index contributed by atoms with van der Waals surface area (Å²) in [7, 11) is 0. The van der Waals surface area contributed by atoms with Gasteiger partial charge in [-0.1, -0.05) is 32.0 Å². The van der Waals surface area contributed by atoms with Crippen LogP contribution in [0.4, 0.5) is 0 Å². The molecular formula is C19H21N3O4. The molecular weight excluding hydrogens is 334 g/mol. The Morgan fingerprint density at radius 1 is 1.35 bits per heavy atom. The van der Waals surface area contributed by atoms with Gasteiger partial charge in [0.25, 0.3) is 5.91 Å². The Kier molecular flexibility index (Phi) is 5.78. The van der Waals surface area contributed by atoms with E-state index in [1.165, 1.54) is 0 Å². The number of hydrogen-bond donors (Lipinski definition) is 1. The molecule has 1 heterocycles. The van der Waals surface area contributed by atoms with Gasteiger partial charge < -0.3 is 14.5 Å². The van der Waals surface area contributed by atoms with E-state index in [9.17, 15) is 14.9 Å². The van der Waals surface area contributed by atoms with Crippen LogP contribution in [0.3, 0.4) is 0 Å². The number of nitrogens with one attached hydrogen (secondary N) is 1. The molecule has 1 amide bonds. The first-order valence-electron chi connectivity index (χ1n) is 8.19. The van der Waals surface area contributed by atoms with E-state index in [0.29, 0.717) is 11.7 Å². The lowest BCUT2D eigenvalue weighted by molar-refractivity contribution is -0.125. The first kappa shape index (κ1) is 19.2. The number of oxazole rings is 1.